The van der Waals surface area contributed by atoms with Gasteiger partial charge in [-0.05, 0) is 56.6 Å². The Morgan fingerprint density at radius 1 is 1.18 bits per heavy atom. The van der Waals surface area contributed by atoms with Crippen LogP contribution >= 0.6 is 0 Å². The fraction of sp³-hybridized carbons (Fsp3) is 0.308. The second-order valence-corrected chi connectivity index (χ2v) is 8.86. The maximum absolute atomic E-state index is 14.9. The van der Waals surface area contributed by atoms with E-state index in [1.165, 1.54) is 12.1 Å². The first kappa shape index (κ1) is 22.3. The highest BCUT2D eigenvalue weighted by molar-refractivity contribution is 6.38. The van der Waals surface area contributed by atoms with Crippen LogP contribution in [0, 0.1) is 18.6 Å². The van der Waals surface area contributed by atoms with E-state index in [0.717, 1.165) is 49.9 Å². The normalized spacial score (nSPS) is 18.1. The van der Waals surface area contributed by atoms with E-state index in [4.69, 9.17) is 0 Å². The van der Waals surface area contributed by atoms with Crippen LogP contribution in [0.2, 0.25) is 0 Å². The summed E-state index contributed by atoms with van der Waals surface area (Å²) in [6, 6.07) is 9.42. The number of benzene rings is 2. The minimum atomic E-state index is -0.755. The lowest BCUT2D eigenvalue weighted by atomic mass is 9.94. The van der Waals surface area contributed by atoms with Crippen LogP contribution in [0.3, 0.4) is 0 Å². The van der Waals surface area contributed by atoms with E-state index < -0.39 is 11.6 Å². The van der Waals surface area contributed by atoms with Crippen LogP contribution in [0.4, 0.5) is 20.2 Å². The van der Waals surface area contributed by atoms with Gasteiger partial charge >= 0.3 is 0 Å². The Morgan fingerprint density at radius 3 is 2.65 bits per heavy atom. The topological polar surface area (TPSA) is 73.0 Å². The van der Waals surface area contributed by atoms with Crippen LogP contribution in [0.25, 0.3) is 11.1 Å². The predicted octanol–water partition coefficient (Wildman–Crippen LogP) is 4.80. The molecular formula is C26H27F2N5O. The number of nitrogens with zero attached hydrogens (tertiary/aromatic N) is 2. The molecule has 1 saturated heterocycles. The van der Waals surface area contributed by atoms with Crippen molar-refractivity contribution in [3.8, 4) is 0 Å². The summed E-state index contributed by atoms with van der Waals surface area (Å²) in [6.45, 7) is 7.16. The average Bonchev–Trinajstić information content (AvgIpc) is 3.39. The van der Waals surface area contributed by atoms with E-state index >= 15 is 0 Å². The molecule has 0 saturated carbocycles. The number of anilines is 2. The minimum Gasteiger partial charge on any atom is -0.382 e. The summed E-state index contributed by atoms with van der Waals surface area (Å²) in [4.78, 5) is 23.0. The molecule has 0 radical (unpaired) electrons. The molecule has 2 aliphatic heterocycles. The van der Waals surface area contributed by atoms with Crippen molar-refractivity contribution in [3.63, 3.8) is 0 Å². The third kappa shape index (κ3) is 4.21. The van der Waals surface area contributed by atoms with Crippen molar-refractivity contribution in [1.29, 1.82) is 0 Å². The van der Waals surface area contributed by atoms with E-state index in [2.05, 4.69) is 32.4 Å². The van der Waals surface area contributed by atoms with Crippen molar-refractivity contribution >= 4 is 28.4 Å². The number of piperidine rings is 1. The van der Waals surface area contributed by atoms with E-state index in [0.29, 0.717) is 34.3 Å². The van der Waals surface area contributed by atoms with Gasteiger partial charge in [0, 0.05) is 65.2 Å². The van der Waals surface area contributed by atoms with Crippen molar-refractivity contribution in [3.05, 3.63) is 76.9 Å². The van der Waals surface area contributed by atoms with Gasteiger partial charge in [0.1, 0.15) is 17.5 Å². The zero-order valence-corrected chi connectivity index (χ0v) is 19.2. The van der Waals surface area contributed by atoms with Crippen molar-refractivity contribution in [2.45, 2.75) is 32.7 Å². The Morgan fingerprint density at radius 2 is 1.97 bits per heavy atom. The zero-order valence-electron chi connectivity index (χ0n) is 19.2. The van der Waals surface area contributed by atoms with Crippen molar-refractivity contribution in [2.75, 3.05) is 30.3 Å². The maximum atomic E-state index is 14.9. The van der Waals surface area contributed by atoms with Crippen LogP contribution in [0.1, 0.15) is 42.4 Å². The van der Waals surface area contributed by atoms with Gasteiger partial charge in [0.15, 0.2) is 0 Å². The van der Waals surface area contributed by atoms with Crippen LogP contribution < -0.4 is 10.6 Å². The lowest BCUT2D eigenvalue weighted by Gasteiger charge is -2.32. The molecule has 0 atom stereocenters. The van der Waals surface area contributed by atoms with Crippen molar-refractivity contribution in [1.82, 2.24) is 14.9 Å². The number of aryl methyl sites for hydroxylation is 1. The molecule has 176 valence electrons. The van der Waals surface area contributed by atoms with E-state index in [1.54, 1.807) is 6.20 Å². The van der Waals surface area contributed by atoms with Gasteiger partial charge in [0.25, 0.3) is 5.91 Å². The smallest absolute Gasteiger partial charge is 0.257 e. The molecule has 6 nitrogen and oxygen atoms in total. The van der Waals surface area contributed by atoms with E-state index in [9.17, 15) is 13.6 Å². The Hall–Kier alpha value is -3.52. The molecule has 34 heavy (non-hydrogen) atoms. The first-order valence-electron chi connectivity index (χ1n) is 11.6. The van der Waals surface area contributed by atoms with Crippen LogP contribution in [0.15, 0.2) is 42.6 Å². The number of likely N-dealkylation sites (tertiary alicyclic amines) is 1. The minimum absolute atomic E-state index is 0.110. The molecule has 0 unspecified atom stereocenters. The fourth-order valence-corrected chi connectivity index (χ4v) is 4.75. The summed E-state index contributed by atoms with van der Waals surface area (Å²) in [5.74, 6) is -1.43. The number of fused-ring (bicyclic) bond motifs is 1. The van der Waals surface area contributed by atoms with Gasteiger partial charge < -0.3 is 20.5 Å². The molecule has 1 aromatic heterocycles. The summed E-state index contributed by atoms with van der Waals surface area (Å²) in [7, 11) is 0. The molecule has 0 spiro atoms. The van der Waals surface area contributed by atoms with Gasteiger partial charge in [-0.25, -0.2) is 13.8 Å². The quantitative estimate of drug-likeness (QED) is 0.475. The SMILES string of the molecule is CCN1CCC(Nc2ccc3c(c2)/C(=C(/c2ncc(C)[nH]2)c2ccc(F)cc2F)C(=O)N3)CC1. The monoisotopic (exact) mass is 463 g/mol. The Bertz CT molecular complexity index is 1270. The second kappa shape index (κ2) is 9.02. The zero-order chi connectivity index (χ0) is 23.8. The summed E-state index contributed by atoms with van der Waals surface area (Å²) in [5.41, 5.74) is 3.69. The number of aromatic nitrogens is 2. The van der Waals surface area contributed by atoms with Crippen LogP contribution in [-0.2, 0) is 4.79 Å². The summed E-state index contributed by atoms with van der Waals surface area (Å²) >= 11 is 0. The standard InChI is InChI=1S/C26H27F2N5O/c1-3-33-10-8-17(9-11-33)31-18-5-7-22-20(13-18)24(26(34)32-22)23(25-29-14-15(2)30-25)19-6-4-16(27)12-21(19)28/h4-7,12-14,17,31H,3,8-11H2,1-2H3,(H,29,30)(H,32,34)/b24-23-. The maximum Gasteiger partial charge on any atom is 0.257 e. The average molecular weight is 464 g/mol. The number of carbonyl (C=O) groups excluding carboxylic acids is 1. The first-order valence-corrected chi connectivity index (χ1v) is 11.6. The van der Waals surface area contributed by atoms with Crippen LogP contribution in [-0.4, -0.2) is 46.5 Å². The summed E-state index contributed by atoms with van der Waals surface area (Å²) in [6.07, 6.45) is 3.71. The van der Waals surface area contributed by atoms with Gasteiger partial charge in [0.05, 0.1) is 5.57 Å². The lowest BCUT2D eigenvalue weighted by molar-refractivity contribution is -0.110. The van der Waals surface area contributed by atoms with Crippen molar-refractivity contribution < 1.29 is 13.6 Å². The molecule has 5 rings (SSSR count). The number of carbonyl (C=O) groups is 1. The summed E-state index contributed by atoms with van der Waals surface area (Å²) in [5, 5.41) is 6.48. The number of rotatable bonds is 5. The second-order valence-electron chi connectivity index (χ2n) is 8.86. The Balaban J connectivity index is 1.59. The first-order chi connectivity index (χ1) is 16.4. The molecule has 3 N–H and O–H groups in total. The van der Waals surface area contributed by atoms with E-state index in [-0.39, 0.29) is 11.5 Å². The number of hydrogen-bond donors (Lipinski definition) is 3. The molecule has 1 fully saturated rings. The van der Waals surface area contributed by atoms with Crippen molar-refractivity contribution in [2.24, 2.45) is 0 Å². The number of amides is 1. The third-order valence-corrected chi connectivity index (χ3v) is 6.56. The molecule has 8 heteroatoms. The third-order valence-electron chi connectivity index (χ3n) is 6.56. The molecule has 2 aliphatic rings. The molecular weight excluding hydrogens is 436 g/mol. The fourth-order valence-electron chi connectivity index (χ4n) is 4.75. The Kier molecular flexibility index (Phi) is 5.91. The molecule has 2 aromatic carbocycles. The summed E-state index contributed by atoms with van der Waals surface area (Å²) < 4.78 is 28.6. The number of aromatic amines is 1. The Labute approximate surface area is 197 Å². The van der Waals surface area contributed by atoms with Gasteiger partial charge in [-0.1, -0.05) is 6.92 Å². The van der Waals surface area contributed by atoms with Gasteiger partial charge in [-0.15, -0.1) is 0 Å². The van der Waals surface area contributed by atoms with Gasteiger partial charge in [-0.2, -0.15) is 0 Å². The molecule has 3 aromatic rings. The predicted molar refractivity (Wildman–Crippen MR) is 129 cm³/mol. The lowest BCUT2D eigenvalue weighted by Crippen LogP contribution is -2.38. The highest BCUT2D eigenvalue weighted by atomic mass is 19.1. The number of imidazole rings is 1. The van der Waals surface area contributed by atoms with Gasteiger partial charge in [-0.3, -0.25) is 4.79 Å². The molecule has 1 amide bonds. The number of H-pyrrole nitrogens is 1. The molecule has 3 heterocycles. The van der Waals surface area contributed by atoms with Gasteiger partial charge in [0.2, 0.25) is 0 Å². The highest BCUT2D eigenvalue weighted by Crippen LogP contribution is 2.41. The highest BCUT2D eigenvalue weighted by Gasteiger charge is 2.31. The molecule has 0 aliphatic carbocycles. The number of hydrogen-bond acceptors (Lipinski definition) is 4. The number of nitrogens with one attached hydrogen (secondary N) is 3. The number of halogens is 2. The van der Waals surface area contributed by atoms with E-state index in [1.807, 2.05) is 25.1 Å². The largest absolute Gasteiger partial charge is 0.382 e. The molecule has 0 bridgehead atoms. The van der Waals surface area contributed by atoms with Crippen LogP contribution in [0.5, 0.6) is 0 Å².